The van der Waals surface area contributed by atoms with Crippen molar-refractivity contribution >= 4 is 11.9 Å². The van der Waals surface area contributed by atoms with E-state index >= 15 is 0 Å². The molecule has 1 aliphatic heterocycles. The second-order valence-electron chi connectivity index (χ2n) is 4.15. The Kier molecular flexibility index (Phi) is 5.25. The summed E-state index contributed by atoms with van der Waals surface area (Å²) in [6.45, 7) is 4.71. The Morgan fingerprint density at radius 1 is 1.31 bits per heavy atom. The number of hydrogen-bond donors (Lipinski definition) is 1. The number of piperidine rings is 1. The lowest BCUT2D eigenvalue weighted by atomic mass is 10.1. The number of likely N-dealkylation sites (tertiary alicyclic amines) is 1. The number of amides is 1. The number of ether oxygens (including phenoxy) is 1. The molecule has 1 unspecified atom stereocenters. The number of esters is 1. The number of rotatable bonds is 3. The number of methoxy groups -OCH3 is 1. The highest BCUT2D eigenvalue weighted by Crippen LogP contribution is 2.11. The Balaban J connectivity index is 2.25. The Hall–Kier alpha value is -1.10. The molecule has 1 rings (SSSR count). The van der Waals surface area contributed by atoms with Crippen molar-refractivity contribution in [1.29, 1.82) is 0 Å². The summed E-state index contributed by atoms with van der Waals surface area (Å²) in [6.07, 6.45) is 3.72. The minimum Gasteiger partial charge on any atom is -0.462 e. The molecule has 1 N–H and O–H groups in total. The van der Waals surface area contributed by atoms with Crippen LogP contribution in [0.5, 0.6) is 0 Å². The third kappa shape index (κ3) is 3.81. The lowest BCUT2D eigenvalue weighted by molar-refractivity contribution is -0.152. The van der Waals surface area contributed by atoms with Gasteiger partial charge in [-0.1, -0.05) is 6.42 Å². The molecule has 1 atom stereocenters. The number of nitrogens with zero attached hydrogens (tertiary/aromatic N) is 1. The molecule has 5 heteroatoms. The first kappa shape index (κ1) is 13.0. The Morgan fingerprint density at radius 2 is 1.94 bits per heavy atom. The van der Waals surface area contributed by atoms with Gasteiger partial charge in [0, 0.05) is 12.6 Å². The van der Waals surface area contributed by atoms with Gasteiger partial charge in [0.2, 0.25) is 0 Å². The van der Waals surface area contributed by atoms with Crippen LogP contribution < -0.4 is 5.32 Å². The van der Waals surface area contributed by atoms with Gasteiger partial charge in [0.15, 0.2) is 0 Å². The summed E-state index contributed by atoms with van der Waals surface area (Å²) in [6, 6.07) is 0.272. The van der Waals surface area contributed by atoms with Crippen LogP contribution in [0.15, 0.2) is 0 Å². The first-order chi connectivity index (χ1) is 7.65. The van der Waals surface area contributed by atoms with Gasteiger partial charge in [0.05, 0.1) is 7.11 Å². The summed E-state index contributed by atoms with van der Waals surface area (Å²) >= 11 is 0. The van der Waals surface area contributed by atoms with Crippen LogP contribution in [0, 0.1) is 0 Å². The fraction of sp³-hybridized carbons (Fsp3) is 0.818. The van der Waals surface area contributed by atoms with E-state index in [9.17, 15) is 9.59 Å². The lowest BCUT2D eigenvalue weighted by Crippen LogP contribution is -2.45. The van der Waals surface area contributed by atoms with E-state index in [4.69, 9.17) is 0 Å². The molecule has 0 saturated carbocycles. The van der Waals surface area contributed by atoms with Crippen molar-refractivity contribution in [3.05, 3.63) is 0 Å². The van der Waals surface area contributed by atoms with Gasteiger partial charge in [-0.15, -0.1) is 0 Å². The number of carbonyl (C=O) groups is 2. The summed E-state index contributed by atoms with van der Waals surface area (Å²) in [5.41, 5.74) is 0. The summed E-state index contributed by atoms with van der Waals surface area (Å²) in [4.78, 5) is 24.3. The van der Waals surface area contributed by atoms with Gasteiger partial charge in [-0.3, -0.25) is 9.69 Å². The van der Waals surface area contributed by atoms with Crippen LogP contribution in [0.3, 0.4) is 0 Å². The fourth-order valence-corrected chi connectivity index (χ4v) is 1.89. The minimum absolute atomic E-state index is 0.272. The number of nitrogens with one attached hydrogen (secondary N) is 1. The zero-order chi connectivity index (χ0) is 12.0. The molecule has 92 valence electrons. The Labute approximate surface area is 96.1 Å². The molecule has 1 amide bonds. The molecule has 5 nitrogen and oxygen atoms in total. The normalized spacial score (nSPS) is 18.9. The zero-order valence-corrected chi connectivity index (χ0v) is 9.99. The van der Waals surface area contributed by atoms with Crippen molar-refractivity contribution in [3.8, 4) is 0 Å². The third-order valence-electron chi connectivity index (χ3n) is 2.94. The number of carbonyl (C=O) groups excluding carboxylic acids is 2. The molecule has 0 aromatic rings. The highest BCUT2D eigenvalue weighted by atomic mass is 16.5. The van der Waals surface area contributed by atoms with Crippen LogP contribution >= 0.6 is 0 Å². The average Bonchev–Trinajstić information content (AvgIpc) is 2.35. The maximum atomic E-state index is 11.2. The first-order valence-corrected chi connectivity index (χ1v) is 5.75. The fourth-order valence-electron chi connectivity index (χ4n) is 1.89. The van der Waals surface area contributed by atoms with Crippen LogP contribution in [0.2, 0.25) is 0 Å². The van der Waals surface area contributed by atoms with Gasteiger partial charge in [0.25, 0.3) is 0 Å². The van der Waals surface area contributed by atoms with E-state index in [1.165, 1.54) is 26.4 Å². The molecular formula is C11H20N2O3. The molecule has 0 aromatic heterocycles. The van der Waals surface area contributed by atoms with E-state index < -0.39 is 11.9 Å². The smallest absolute Gasteiger partial charge is 0.396 e. The van der Waals surface area contributed by atoms with E-state index in [1.54, 1.807) is 0 Å². The lowest BCUT2D eigenvalue weighted by Gasteiger charge is -2.32. The summed E-state index contributed by atoms with van der Waals surface area (Å²) < 4.78 is 4.33. The maximum Gasteiger partial charge on any atom is 0.396 e. The topological polar surface area (TPSA) is 58.6 Å². The molecule has 0 spiro atoms. The van der Waals surface area contributed by atoms with E-state index in [-0.39, 0.29) is 6.04 Å². The van der Waals surface area contributed by atoms with Gasteiger partial charge < -0.3 is 10.1 Å². The summed E-state index contributed by atoms with van der Waals surface area (Å²) in [7, 11) is 1.20. The zero-order valence-electron chi connectivity index (χ0n) is 9.99. The highest BCUT2D eigenvalue weighted by Gasteiger charge is 2.19. The third-order valence-corrected chi connectivity index (χ3v) is 2.94. The molecule has 1 fully saturated rings. The van der Waals surface area contributed by atoms with Crippen LogP contribution in [0.4, 0.5) is 0 Å². The van der Waals surface area contributed by atoms with E-state index in [2.05, 4.69) is 21.9 Å². The molecule has 1 saturated heterocycles. The van der Waals surface area contributed by atoms with E-state index in [0.717, 1.165) is 13.1 Å². The van der Waals surface area contributed by atoms with Gasteiger partial charge in [-0.25, -0.2) is 4.79 Å². The molecule has 0 aromatic carbocycles. The molecule has 1 heterocycles. The van der Waals surface area contributed by atoms with Crippen molar-refractivity contribution in [2.75, 3.05) is 26.7 Å². The van der Waals surface area contributed by atoms with Crippen LogP contribution in [0.1, 0.15) is 26.2 Å². The molecule has 0 aliphatic carbocycles. The highest BCUT2D eigenvalue weighted by molar-refractivity contribution is 6.32. The van der Waals surface area contributed by atoms with Crippen LogP contribution in [0.25, 0.3) is 0 Å². The predicted octanol–water partition coefficient (Wildman–Crippen LogP) is 0.150. The second-order valence-corrected chi connectivity index (χ2v) is 4.15. The van der Waals surface area contributed by atoms with Crippen molar-refractivity contribution in [2.24, 2.45) is 0 Å². The molecular weight excluding hydrogens is 208 g/mol. The minimum atomic E-state index is -0.828. The monoisotopic (exact) mass is 228 g/mol. The molecule has 0 bridgehead atoms. The van der Waals surface area contributed by atoms with Crippen LogP contribution in [-0.2, 0) is 14.3 Å². The SMILES string of the molecule is COC(=O)C(=O)NCC(C)N1CCCCC1. The van der Waals surface area contributed by atoms with Gasteiger partial charge in [-0.2, -0.15) is 0 Å². The first-order valence-electron chi connectivity index (χ1n) is 5.75. The molecule has 16 heavy (non-hydrogen) atoms. The van der Waals surface area contributed by atoms with Crippen LogP contribution in [-0.4, -0.2) is 49.6 Å². The van der Waals surface area contributed by atoms with Gasteiger partial charge >= 0.3 is 11.9 Å². The Morgan fingerprint density at radius 3 is 2.50 bits per heavy atom. The van der Waals surface area contributed by atoms with E-state index in [0.29, 0.717) is 6.54 Å². The predicted molar refractivity (Wildman–Crippen MR) is 59.9 cm³/mol. The van der Waals surface area contributed by atoms with Crippen molar-refractivity contribution in [2.45, 2.75) is 32.2 Å². The largest absolute Gasteiger partial charge is 0.462 e. The summed E-state index contributed by atoms with van der Waals surface area (Å²) in [5, 5.41) is 2.58. The van der Waals surface area contributed by atoms with Gasteiger partial charge in [-0.05, 0) is 32.9 Å². The van der Waals surface area contributed by atoms with E-state index in [1.807, 2.05) is 0 Å². The van der Waals surface area contributed by atoms with Crippen molar-refractivity contribution in [3.63, 3.8) is 0 Å². The average molecular weight is 228 g/mol. The maximum absolute atomic E-state index is 11.2. The van der Waals surface area contributed by atoms with Gasteiger partial charge in [0.1, 0.15) is 0 Å². The number of hydrogen-bond acceptors (Lipinski definition) is 4. The Bertz CT molecular complexity index is 250. The molecule has 1 aliphatic rings. The molecule has 0 radical (unpaired) electrons. The van der Waals surface area contributed by atoms with Crippen molar-refractivity contribution in [1.82, 2.24) is 10.2 Å². The summed E-state index contributed by atoms with van der Waals surface area (Å²) in [5.74, 6) is -1.49. The standard InChI is InChI=1S/C11H20N2O3/c1-9(13-6-4-3-5-7-13)8-12-10(14)11(15)16-2/h9H,3-8H2,1-2H3,(H,12,14). The second kappa shape index (κ2) is 6.48. The van der Waals surface area contributed by atoms with Crippen molar-refractivity contribution < 1.29 is 14.3 Å². The quantitative estimate of drug-likeness (QED) is 0.552.